The van der Waals surface area contributed by atoms with Crippen molar-refractivity contribution in [1.29, 1.82) is 0 Å². The third-order valence-electron chi connectivity index (χ3n) is 2.87. The van der Waals surface area contributed by atoms with Gasteiger partial charge in [0.05, 0.1) is 6.10 Å². The summed E-state index contributed by atoms with van der Waals surface area (Å²) in [5, 5.41) is 0. The number of hydrogen-bond acceptors (Lipinski definition) is 1. The zero-order valence-electron chi connectivity index (χ0n) is 10.1. The van der Waals surface area contributed by atoms with Gasteiger partial charge in [-0.05, 0) is 42.5 Å². The van der Waals surface area contributed by atoms with E-state index in [0.29, 0.717) is 6.10 Å². The van der Waals surface area contributed by atoms with Crippen LogP contribution in [0.5, 0.6) is 0 Å². The molecule has 0 aliphatic heterocycles. The van der Waals surface area contributed by atoms with E-state index in [9.17, 15) is 0 Å². The van der Waals surface area contributed by atoms with Gasteiger partial charge < -0.3 is 4.43 Å². The third kappa shape index (κ3) is 5.50. The normalized spacial score (nSPS) is 22.1. The SMILES string of the molecule is C[Si](C)(C)O[C@@H](/C=C/I)C1CCCCC1. The van der Waals surface area contributed by atoms with Crippen LogP contribution < -0.4 is 0 Å². The van der Waals surface area contributed by atoms with Gasteiger partial charge in [0.1, 0.15) is 0 Å². The van der Waals surface area contributed by atoms with Crippen LogP contribution in [-0.2, 0) is 4.43 Å². The van der Waals surface area contributed by atoms with Crippen LogP contribution in [0.25, 0.3) is 0 Å². The van der Waals surface area contributed by atoms with Gasteiger partial charge in [0.2, 0.25) is 0 Å². The lowest BCUT2D eigenvalue weighted by Crippen LogP contribution is -2.36. The molecule has 3 heteroatoms. The fraction of sp³-hybridized carbons (Fsp3) is 0.833. The predicted octanol–water partition coefficient (Wildman–Crippen LogP) is 4.74. The maximum Gasteiger partial charge on any atom is 0.184 e. The Kier molecular flexibility index (Phi) is 5.85. The summed E-state index contributed by atoms with van der Waals surface area (Å²) in [6.45, 7) is 6.84. The second kappa shape index (κ2) is 6.40. The van der Waals surface area contributed by atoms with Gasteiger partial charge in [0.15, 0.2) is 8.32 Å². The first-order valence-corrected chi connectivity index (χ1v) is 10.6. The van der Waals surface area contributed by atoms with E-state index in [1.54, 1.807) is 0 Å². The first-order valence-electron chi connectivity index (χ1n) is 5.97. The van der Waals surface area contributed by atoms with Crippen LogP contribution in [0.3, 0.4) is 0 Å². The van der Waals surface area contributed by atoms with Crippen LogP contribution in [0.15, 0.2) is 10.2 Å². The van der Waals surface area contributed by atoms with Crippen LogP contribution in [0.1, 0.15) is 32.1 Å². The molecule has 1 rings (SSSR count). The molecule has 0 aromatic rings. The molecule has 0 saturated heterocycles. The summed E-state index contributed by atoms with van der Waals surface area (Å²) in [7, 11) is -1.40. The zero-order chi connectivity index (χ0) is 11.3. The first kappa shape index (κ1) is 13.7. The average Bonchev–Trinajstić information content (AvgIpc) is 2.17. The summed E-state index contributed by atoms with van der Waals surface area (Å²) < 4.78 is 8.39. The zero-order valence-corrected chi connectivity index (χ0v) is 13.3. The molecule has 88 valence electrons. The van der Waals surface area contributed by atoms with E-state index in [1.807, 2.05) is 0 Å². The van der Waals surface area contributed by atoms with E-state index in [4.69, 9.17) is 4.43 Å². The Hall–Kier alpha value is 0.647. The predicted molar refractivity (Wildman–Crippen MR) is 78.0 cm³/mol. The Bertz CT molecular complexity index is 204. The number of hydrogen-bond donors (Lipinski definition) is 0. The highest BCUT2D eigenvalue weighted by Gasteiger charge is 2.27. The van der Waals surface area contributed by atoms with E-state index < -0.39 is 8.32 Å². The summed E-state index contributed by atoms with van der Waals surface area (Å²) in [4.78, 5) is 0. The number of halogens is 1. The van der Waals surface area contributed by atoms with Crippen molar-refractivity contribution >= 4 is 30.9 Å². The van der Waals surface area contributed by atoms with Crippen molar-refractivity contribution in [2.45, 2.75) is 57.8 Å². The van der Waals surface area contributed by atoms with E-state index >= 15 is 0 Å². The van der Waals surface area contributed by atoms with Gasteiger partial charge in [0.25, 0.3) is 0 Å². The lowest BCUT2D eigenvalue weighted by Gasteiger charge is -2.33. The molecule has 0 spiro atoms. The molecule has 15 heavy (non-hydrogen) atoms. The Morgan fingerprint density at radius 2 is 1.80 bits per heavy atom. The van der Waals surface area contributed by atoms with Crippen molar-refractivity contribution in [3.63, 3.8) is 0 Å². The van der Waals surface area contributed by atoms with E-state index in [2.05, 4.69) is 52.4 Å². The largest absolute Gasteiger partial charge is 0.411 e. The Morgan fingerprint density at radius 1 is 1.20 bits per heavy atom. The second-order valence-electron chi connectivity index (χ2n) is 5.41. The molecule has 0 unspecified atom stereocenters. The molecule has 1 atom stereocenters. The molecule has 1 saturated carbocycles. The van der Waals surface area contributed by atoms with Gasteiger partial charge in [-0.25, -0.2) is 0 Å². The minimum atomic E-state index is -1.40. The van der Waals surface area contributed by atoms with Crippen molar-refractivity contribution in [1.82, 2.24) is 0 Å². The summed E-state index contributed by atoms with van der Waals surface area (Å²) in [5.74, 6) is 0.775. The van der Waals surface area contributed by atoms with Crippen LogP contribution >= 0.6 is 22.6 Å². The molecule has 1 fully saturated rings. The number of rotatable bonds is 4. The molecular formula is C12H23IOSi. The molecule has 1 aliphatic rings. The smallest absolute Gasteiger partial charge is 0.184 e. The Balaban J connectivity index is 2.55. The lowest BCUT2D eigenvalue weighted by atomic mass is 9.85. The van der Waals surface area contributed by atoms with Gasteiger partial charge in [-0.3, -0.25) is 0 Å². The average molecular weight is 338 g/mol. The monoisotopic (exact) mass is 338 g/mol. The molecule has 0 aromatic carbocycles. The minimum absolute atomic E-state index is 0.383. The first-order chi connectivity index (χ1) is 7.03. The molecule has 0 radical (unpaired) electrons. The van der Waals surface area contributed by atoms with Gasteiger partial charge >= 0.3 is 0 Å². The van der Waals surface area contributed by atoms with E-state index in [1.165, 1.54) is 32.1 Å². The maximum absolute atomic E-state index is 6.26. The molecule has 1 nitrogen and oxygen atoms in total. The summed E-state index contributed by atoms with van der Waals surface area (Å²) >= 11 is 2.31. The maximum atomic E-state index is 6.26. The summed E-state index contributed by atoms with van der Waals surface area (Å²) in [6, 6.07) is 0. The van der Waals surface area contributed by atoms with Crippen molar-refractivity contribution in [2.24, 2.45) is 5.92 Å². The van der Waals surface area contributed by atoms with Crippen molar-refractivity contribution < 1.29 is 4.43 Å². The van der Waals surface area contributed by atoms with Gasteiger partial charge in [-0.1, -0.05) is 47.9 Å². The Labute approximate surface area is 109 Å². The molecule has 0 bridgehead atoms. The van der Waals surface area contributed by atoms with Crippen LogP contribution in [-0.4, -0.2) is 14.4 Å². The van der Waals surface area contributed by atoms with Crippen LogP contribution in [0.4, 0.5) is 0 Å². The van der Waals surface area contributed by atoms with Crippen LogP contribution in [0, 0.1) is 5.92 Å². The molecule has 0 amide bonds. The van der Waals surface area contributed by atoms with Crippen molar-refractivity contribution in [3.8, 4) is 0 Å². The standard InChI is InChI=1S/C12H23IOSi/c1-15(2,3)14-12(9-10-13)11-7-5-4-6-8-11/h9-12H,4-8H2,1-3H3/b10-9+/t12-/m0/s1. The fourth-order valence-corrected chi connectivity index (χ4v) is 3.73. The summed E-state index contributed by atoms with van der Waals surface area (Å²) in [6.07, 6.45) is 9.57. The molecule has 1 aliphatic carbocycles. The highest BCUT2D eigenvalue weighted by molar-refractivity contribution is 14.1. The van der Waals surface area contributed by atoms with Gasteiger partial charge in [-0.2, -0.15) is 0 Å². The second-order valence-corrected chi connectivity index (χ2v) is 10.6. The Morgan fingerprint density at radius 3 is 2.27 bits per heavy atom. The van der Waals surface area contributed by atoms with Gasteiger partial charge in [-0.15, -0.1) is 0 Å². The molecule has 0 aromatic heterocycles. The third-order valence-corrected chi connectivity index (χ3v) is 4.26. The fourth-order valence-electron chi connectivity index (χ4n) is 2.24. The van der Waals surface area contributed by atoms with E-state index in [0.717, 1.165) is 5.92 Å². The van der Waals surface area contributed by atoms with Crippen molar-refractivity contribution in [3.05, 3.63) is 10.2 Å². The lowest BCUT2D eigenvalue weighted by molar-refractivity contribution is 0.141. The van der Waals surface area contributed by atoms with Crippen molar-refractivity contribution in [2.75, 3.05) is 0 Å². The topological polar surface area (TPSA) is 9.23 Å². The van der Waals surface area contributed by atoms with E-state index in [-0.39, 0.29) is 0 Å². The molecule has 0 heterocycles. The van der Waals surface area contributed by atoms with Gasteiger partial charge in [0, 0.05) is 0 Å². The highest BCUT2D eigenvalue weighted by atomic mass is 127. The van der Waals surface area contributed by atoms with Crippen LogP contribution in [0.2, 0.25) is 19.6 Å². The molecule has 0 N–H and O–H groups in total. The quantitative estimate of drug-likeness (QED) is 0.532. The summed E-state index contributed by atoms with van der Waals surface area (Å²) in [5.41, 5.74) is 0. The minimum Gasteiger partial charge on any atom is -0.411 e. The highest BCUT2D eigenvalue weighted by Crippen LogP contribution is 2.30. The molecular weight excluding hydrogens is 315 g/mol.